The van der Waals surface area contributed by atoms with Crippen molar-refractivity contribution >= 4 is 27.3 Å². The van der Waals surface area contributed by atoms with Gasteiger partial charge in [-0.1, -0.05) is 17.7 Å². The fourth-order valence-electron chi connectivity index (χ4n) is 2.46. The average molecular weight is 312 g/mol. The Hall–Kier alpha value is -1.53. The van der Waals surface area contributed by atoms with Gasteiger partial charge in [0.1, 0.15) is 0 Å². The highest BCUT2D eigenvalue weighted by Gasteiger charge is 2.35. The third kappa shape index (κ3) is 2.09. The van der Waals surface area contributed by atoms with E-state index in [0.29, 0.717) is 16.3 Å². The van der Waals surface area contributed by atoms with E-state index in [1.165, 1.54) is 4.31 Å². The molecule has 0 spiro atoms. The highest BCUT2D eigenvalue weighted by Crippen LogP contribution is 2.38. The molecule has 0 saturated carbocycles. The topological polar surface area (TPSA) is 55.2 Å². The van der Waals surface area contributed by atoms with Crippen molar-refractivity contribution in [1.29, 1.82) is 0 Å². The molecule has 0 N–H and O–H groups in total. The number of nitrogens with zero attached hydrogens (tertiary/aromatic N) is 3. The summed E-state index contributed by atoms with van der Waals surface area (Å²) in [5.41, 5.74) is 3.05. The lowest BCUT2D eigenvalue weighted by Crippen LogP contribution is -2.26. The lowest BCUT2D eigenvalue weighted by Gasteiger charge is -2.17. The van der Waals surface area contributed by atoms with Gasteiger partial charge in [-0.3, -0.25) is 8.99 Å². The Morgan fingerprint density at radius 3 is 2.80 bits per heavy atom. The third-order valence-electron chi connectivity index (χ3n) is 3.43. The normalized spacial score (nSPS) is 16.4. The molecule has 106 valence electrons. The van der Waals surface area contributed by atoms with Crippen molar-refractivity contribution in [1.82, 2.24) is 9.78 Å². The Balaban J connectivity index is 2.05. The standard InChI is InChI=1S/C13H14ClN3O2S/c1-9-6-16(2)15-12(9)7-17-13-5-3-4-11(14)10(13)8-20(17,18)19/h3-6H,7-8H2,1-2H3. The monoisotopic (exact) mass is 311 g/mol. The summed E-state index contributed by atoms with van der Waals surface area (Å²) in [4.78, 5) is 0. The first-order valence-electron chi connectivity index (χ1n) is 6.15. The van der Waals surface area contributed by atoms with Crippen LogP contribution < -0.4 is 4.31 Å². The summed E-state index contributed by atoms with van der Waals surface area (Å²) < 4.78 is 27.7. The second kappa shape index (κ2) is 4.49. The van der Waals surface area contributed by atoms with Gasteiger partial charge in [0.25, 0.3) is 0 Å². The number of hydrogen-bond donors (Lipinski definition) is 0. The van der Waals surface area contributed by atoms with Gasteiger partial charge in [-0.25, -0.2) is 8.42 Å². The van der Waals surface area contributed by atoms with Crippen LogP contribution in [-0.4, -0.2) is 18.2 Å². The maximum atomic E-state index is 12.3. The Kier molecular flexibility index (Phi) is 3.02. The van der Waals surface area contributed by atoms with Crippen molar-refractivity contribution in [2.75, 3.05) is 4.31 Å². The zero-order valence-corrected chi connectivity index (χ0v) is 12.7. The fraction of sp³-hybridized carbons (Fsp3) is 0.308. The average Bonchev–Trinajstić information content (AvgIpc) is 2.80. The number of sulfonamides is 1. The lowest BCUT2D eigenvalue weighted by molar-refractivity contribution is 0.592. The van der Waals surface area contributed by atoms with Crippen LogP contribution in [0.25, 0.3) is 0 Å². The van der Waals surface area contributed by atoms with Crippen LogP contribution in [0, 0.1) is 6.92 Å². The highest BCUT2D eigenvalue weighted by molar-refractivity contribution is 7.92. The van der Waals surface area contributed by atoms with Crippen LogP contribution in [0.1, 0.15) is 16.8 Å². The number of benzene rings is 1. The van der Waals surface area contributed by atoms with Crippen molar-refractivity contribution in [2.24, 2.45) is 7.05 Å². The van der Waals surface area contributed by atoms with Crippen LogP contribution in [0.2, 0.25) is 5.02 Å². The molecule has 0 amide bonds. The van der Waals surface area contributed by atoms with E-state index >= 15 is 0 Å². The fourth-order valence-corrected chi connectivity index (χ4v) is 4.39. The number of fused-ring (bicyclic) bond motifs is 1. The van der Waals surface area contributed by atoms with Crippen LogP contribution in [0.4, 0.5) is 5.69 Å². The molecule has 0 unspecified atom stereocenters. The highest BCUT2D eigenvalue weighted by atomic mass is 35.5. The SMILES string of the molecule is Cc1cn(C)nc1CN1c2cccc(Cl)c2CS1(=O)=O. The zero-order valence-electron chi connectivity index (χ0n) is 11.2. The minimum absolute atomic E-state index is 0.0477. The number of rotatable bonds is 2. The van der Waals surface area contributed by atoms with Gasteiger partial charge >= 0.3 is 0 Å². The lowest BCUT2D eigenvalue weighted by atomic mass is 10.2. The number of aromatic nitrogens is 2. The molecule has 5 nitrogen and oxygen atoms in total. The Labute approximate surface area is 122 Å². The van der Waals surface area contributed by atoms with Gasteiger partial charge in [-0.2, -0.15) is 5.10 Å². The first-order valence-corrected chi connectivity index (χ1v) is 8.14. The molecule has 0 fully saturated rings. The van der Waals surface area contributed by atoms with Crippen molar-refractivity contribution in [3.63, 3.8) is 0 Å². The molecular weight excluding hydrogens is 298 g/mol. The van der Waals surface area contributed by atoms with Crippen molar-refractivity contribution in [3.05, 3.63) is 46.2 Å². The molecule has 0 aliphatic carbocycles. The van der Waals surface area contributed by atoms with Crippen LogP contribution in [-0.2, 0) is 29.4 Å². The number of hydrogen-bond acceptors (Lipinski definition) is 3. The van der Waals surface area contributed by atoms with Gasteiger partial charge < -0.3 is 0 Å². The molecule has 7 heteroatoms. The molecule has 0 bridgehead atoms. The summed E-state index contributed by atoms with van der Waals surface area (Å²) in [6.45, 7) is 2.16. The van der Waals surface area contributed by atoms with E-state index in [4.69, 9.17) is 11.6 Å². The predicted octanol–water partition coefficient (Wildman–Crippen LogP) is 2.23. The van der Waals surface area contributed by atoms with E-state index in [1.54, 1.807) is 22.9 Å². The van der Waals surface area contributed by atoms with E-state index in [2.05, 4.69) is 5.10 Å². The van der Waals surface area contributed by atoms with E-state index < -0.39 is 10.0 Å². The molecule has 2 aromatic rings. The molecular formula is C13H14ClN3O2S. The van der Waals surface area contributed by atoms with E-state index in [9.17, 15) is 8.42 Å². The Bertz CT molecular complexity index is 783. The number of halogens is 1. The number of aryl methyl sites for hydroxylation is 2. The van der Waals surface area contributed by atoms with E-state index in [-0.39, 0.29) is 12.3 Å². The minimum atomic E-state index is -3.37. The number of anilines is 1. The molecule has 1 aromatic carbocycles. The van der Waals surface area contributed by atoms with Crippen LogP contribution >= 0.6 is 11.6 Å². The molecule has 0 saturated heterocycles. The molecule has 1 aliphatic heterocycles. The minimum Gasteiger partial charge on any atom is -0.275 e. The summed E-state index contributed by atoms with van der Waals surface area (Å²) in [5, 5.41) is 4.80. The maximum Gasteiger partial charge on any atom is 0.239 e. The second-order valence-corrected chi connectivity index (χ2v) is 7.23. The predicted molar refractivity (Wildman–Crippen MR) is 78.2 cm³/mol. The first-order chi connectivity index (χ1) is 9.38. The first kappa shape index (κ1) is 13.5. The second-order valence-electron chi connectivity index (χ2n) is 4.93. The Morgan fingerprint density at radius 2 is 2.15 bits per heavy atom. The summed E-state index contributed by atoms with van der Waals surface area (Å²) >= 11 is 6.09. The van der Waals surface area contributed by atoms with E-state index in [1.807, 2.05) is 20.2 Å². The molecule has 2 heterocycles. The van der Waals surface area contributed by atoms with Crippen molar-refractivity contribution in [2.45, 2.75) is 19.2 Å². The van der Waals surface area contributed by atoms with Gasteiger partial charge in [0.15, 0.2) is 0 Å². The van der Waals surface area contributed by atoms with Gasteiger partial charge in [-0.05, 0) is 24.6 Å². The third-order valence-corrected chi connectivity index (χ3v) is 5.44. The maximum absolute atomic E-state index is 12.3. The molecule has 1 aliphatic rings. The zero-order chi connectivity index (χ0) is 14.5. The molecule has 0 atom stereocenters. The van der Waals surface area contributed by atoms with Gasteiger partial charge in [0.05, 0.1) is 23.7 Å². The van der Waals surface area contributed by atoms with Crippen LogP contribution in [0.15, 0.2) is 24.4 Å². The molecule has 3 rings (SSSR count). The van der Waals surface area contributed by atoms with Crippen molar-refractivity contribution < 1.29 is 8.42 Å². The smallest absolute Gasteiger partial charge is 0.239 e. The van der Waals surface area contributed by atoms with Crippen molar-refractivity contribution in [3.8, 4) is 0 Å². The van der Waals surface area contributed by atoms with Gasteiger partial charge in [-0.15, -0.1) is 0 Å². The largest absolute Gasteiger partial charge is 0.275 e. The van der Waals surface area contributed by atoms with E-state index in [0.717, 1.165) is 11.3 Å². The molecule has 20 heavy (non-hydrogen) atoms. The summed E-state index contributed by atoms with van der Waals surface area (Å²) in [7, 11) is -1.56. The summed E-state index contributed by atoms with van der Waals surface area (Å²) in [5.74, 6) is -0.0477. The summed E-state index contributed by atoms with van der Waals surface area (Å²) in [6, 6.07) is 5.26. The Morgan fingerprint density at radius 1 is 1.40 bits per heavy atom. The van der Waals surface area contributed by atoms with Crippen LogP contribution in [0.3, 0.4) is 0 Å². The molecule has 1 aromatic heterocycles. The summed E-state index contributed by atoms with van der Waals surface area (Å²) in [6.07, 6.45) is 1.87. The van der Waals surface area contributed by atoms with Gasteiger partial charge in [0, 0.05) is 23.8 Å². The van der Waals surface area contributed by atoms with Crippen LogP contribution in [0.5, 0.6) is 0 Å². The van der Waals surface area contributed by atoms with Gasteiger partial charge in [0.2, 0.25) is 10.0 Å². The molecule has 0 radical (unpaired) electrons. The quantitative estimate of drug-likeness (QED) is 0.854.